The number of unbranched alkanes of at least 4 members (excludes halogenated alkanes) is 29. The molecule has 0 heterocycles. The fourth-order valence-corrected chi connectivity index (χ4v) is 7.38. The van der Waals surface area contributed by atoms with Gasteiger partial charge in [0, 0.05) is 12.8 Å². The van der Waals surface area contributed by atoms with Crippen molar-refractivity contribution in [3.63, 3.8) is 0 Å². The van der Waals surface area contributed by atoms with E-state index in [1.165, 1.54) is 148 Å². The highest BCUT2D eigenvalue weighted by molar-refractivity contribution is 7.47. The smallest absolute Gasteiger partial charge is 0.472 e. The van der Waals surface area contributed by atoms with Gasteiger partial charge in [0.1, 0.15) is 12.7 Å². The van der Waals surface area contributed by atoms with Crippen LogP contribution >= 0.6 is 7.82 Å². The summed E-state index contributed by atoms with van der Waals surface area (Å²) in [5, 5.41) is 21.8. The number of carbonyl (C=O) groups is 3. The van der Waals surface area contributed by atoms with Gasteiger partial charge in [-0.2, -0.15) is 0 Å². The first-order valence-electron chi connectivity index (χ1n) is 22.6. The van der Waals surface area contributed by atoms with E-state index in [-0.39, 0.29) is 12.8 Å². The van der Waals surface area contributed by atoms with Crippen LogP contribution < -0.4 is 5.32 Å². The molecule has 0 aliphatic rings. The van der Waals surface area contributed by atoms with Gasteiger partial charge in [0.2, 0.25) is 5.91 Å². The first-order valence-corrected chi connectivity index (χ1v) is 24.1. The predicted octanol–water partition coefficient (Wildman–Crippen LogP) is 11.5. The molecule has 0 aromatic carbocycles. The van der Waals surface area contributed by atoms with Crippen LogP contribution in [-0.2, 0) is 32.7 Å². The quantitative estimate of drug-likeness (QED) is 0.0264. The normalized spacial score (nSPS) is 13.7. The lowest BCUT2D eigenvalue weighted by atomic mass is 10.0. The van der Waals surface area contributed by atoms with E-state index in [9.17, 15) is 34.1 Å². The number of esters is 1. The number of carboxylic acid groups (broad SMARTS) is 1. The molecule has 4 N–H and O–H groups in total. The maximum atomic E-state index is 12.3. The van der Waals surface area contributed by atoms with Crippen LogP contribution in [-0.4, -0.2) is 64.9 Å². The summed E-state index contributed by atoms with van der Waals surface area (Å²) in [5.41, 5.74) is 0. The molecule has 3 atom stereocenters. The molecule has 1 amide bonds. The van der Waals surface area contributed by atoms with Crippen molar-refractivity contribution in [2.24, 2.45) is 0 Å². The second-order valence-corrected chi connectivity index (χ2v) is 17.1. The van der Waals surface area contributed by atoms with Gasteiger partial charge in [-0.05, 0) is 12.8 Å². The molecule has 326 valence electrons. The molecular formula is C43H84NO10P. The molecule has 0 saturated heterocycles. The lowest BCUT2D eigenvalue weighted by Crippen LogP contribution is -2.43. The second-order valence-electron chi connectivity index (χ2n) is 15.6. The zero-order valence-corrected chi connectivity index (χ0v) is 36.2. The highest BCUT2D eigenvalue weighted by Gasteiger charge is 2.28. The molecule has 12 heteroatoms. The summed E-state index contributed by atoms with van der Waals surface area (Å²) in [4.78, 5) is 45.8. The Hall–Kier alpha value is -1.52. The minimum Gasteiger partial charge on any atom is -0.480 e. The standard InChI is InChI=1S/C43H84NO10P/c1-3-5-7-9-11-13-15-17-18-19-20-21-22-23-25-27-29-31-33-35-42(47)52-36-39(45)37-53-55(50,51)54-38-40(43(48)49)44-41(46)34-32-30-28-26-24-16-14-12-10-8-6-4-2/h39-40,45H,3-38H2,1-2H3,(H,44,46)(H,48,49)(H,50,51). The molecule has 0 fully saturated rings. The molecule has 0 aromatic heterocycles. The number of aliphatic carboxylic acids is 1. The van der Waals surface area contributed by atoms with E-state index in [1.54, 1.807) is 0 Å². The van der Waals surface area contributed by atoms with Crippen LogP contribution in [0.25, 0.3) is 0 Å². The predicted molar refractivity (Wildman–Crippen MR) is 222 cm³/mol. The van der Waals surface area contributed by atoms with Gasteiger partial charge in [-0.25, -0.2) is 9.36 Å². The van der Waals surface area contributed by atoms with E-state index in [1.807, 2.05) is 0 Å². The minimum atomic E-state index is -4.75. The number of hydrogen-bond donors (Lipinski definition) is 4. The lowest BCUT2D eigenvalue weighted by Gasteiger charge is -2.18. The number of rotatable bonds is 43. The molecule has 0 radical (unpaired) electrons. The van der Waals surface area contributed by atoms with Crippen molar-refractivity contribution in [2.75, 3.05) is 19.8 Å². The van der Waals surface area contributed by atoms with E-state index in [0.29, 0.717) is 12.8 Å². The third-order valence-electron chi connectivity index (χ3n) is 10.1. The fraction of sp³-hybridized carbons (Fsp3) is 0.930. The number of nitrogens with one attached hydrogen (secondary N) is 1. The van der Waals surface area contributed by atoms with Gasteiger partial charge < -0.3 is 25.2 Å². The molecule has 55 heavy (non-hydrogen) atoms. The summed E-state index contributed by atoms with van der Waals surface area (Å²) in [6, 6.07) is -1.54. The van der Waals surface area contributed by atoms with Crippen LogP contribution in [0, 0.1) is 0 Å². The van der Waals surface area contributed by atoms with Gasteiger partial charge in [0.25, 0.3) is 0 Å². The second kappa shape index (κ2) is 39.3. The number of aliphatic hydroxyl groups is 1. The average molecular weight is 806 g/mol. The van der Waals surface area contributed by atoms with Gasteiger partial charge in [-0.15, -0.1) is 0 Å². The van der Waals surface area contributed by atoms with Crippen LogP contribution in [0.15, 0.2) is 0 Å². The topological polar surface area (TPSA) is 169 Å². The molecule has 3 unspecified atom stereocenters. The number of phosphoric acid groups is 1. The van der Waals surface area contributed by atoms with Gasteiger partial charge in [0.05, 0.1) is 13.2 Å². The van der Waals surface area contributed by atoms with Crippen LogP contribution in [0.1, 0.15) is 226 Å². The zero-order valence-electron chi connectivity index (χ0n) is 35.3. The number of carboxylic acids is 1. The maximum Gasteiger partial charge on any atom is 0.472 e. The summed E-state index contributed by atoms with van der Waals surface area (Å²) in [6.45, 7) is 2.61. The minimum absolute atomic E-state index is 0.152. The van der Waals surface area contributed by atoms with Crippen molar-refractivity contribution in [3.05, 3.63) is 0 Å². The van der Waals surface area contributed by atoms with Gasteiger partial charge >= 0.3 is 19.8 Å². The molecule has 0 bridgehead atoms. The SMILES string of the molecule is CCCCCCCCCCCCCCCCCCCCCC(=O)OCC(O)COP(=O)(O)OCC(NC(=O)CCCCCCCCCCCCCC)C(=O)O. The molecule has 0 rings (SSSR count). The van der Waals surface area contributed by atoms with Crippen LogP contribution in [0.5, 0.6) is 0 Å². The Bertz CT molecular complexity index is 952. The maximum absolute atomic E-state index is 12.3. The molecule has 0 aliphatic heterocycles. The molecule has 0 saturated carbocycles. The number of carbonyl (C=O) groups excluding carboxylic acids is 2. The number of ether oxygens (including phenoxy) is 1. The number of hydrogen-bond acceptors (Lipinski definition) is 8. The van der Waals surface area contributed by atoms with E-state index in [4.69, 9.17) is 13.8 Å². The third-order valence-corrected chi connectivity index (χ3v) is 11.1. The van der Waals surface area contributed by atoms with E-state index in [2.05, 4.69) is 19.2 Å². The number of aliphatic hydroxyl groups excluding tert-OH is 1. The largest absolute Gasteiger partial charge is 0.480 e. The Morgan fingerprint density at radius 2 is 0.836 bits per heavy atom. The molecule has 0 aromatic rings. The number of amides is 1. The average Bonchev–Trinajstić information content (AvgIpc) is 3.16. The highest BCUT2D eigenvalue weighted by Crippen LogP contribution is 2.43. The van der Waals surface area contributed by atoms with Crippen molar-refractivity contribution >= 4 is 25.7 Å². The van der Waals surface area contributed by atoms with E-state index < -0.39 is 57.6 Å². The van der Waals surface area contributed by atoms with E-state index in [0.717, 1.165) is 38.5 Å². The summed E-state index contributed by atoms with van der Waals surface area (Å²) in [6.07, 6.45) is 37.0. The Morgan fingerprint density at radius 1 is 0.509 bits per heavy atom. The summed E-state index contributed by atoms with van der Waals surface area (Å²) in [5.74, 6) is -2.35. The van der Waals surface area contributed by atoms with Crippen molar-refractivity contribution in [2.45, 2.75) is 238 Å². The van der Waals surface area contributed by atoms with Gasteiger partial charge in [-0.1, -0.05) is 200 Å². The molecule has 0 aliphatic carbocycles. The lowest BCUT2D eigenvalue weighted by molar-refractivity contribution is -0.147. The van der Waals surface area contributed by atoms with Crippen LogP contribution in [0.3, 0.4) is 0 Å². The first kappa shape index (κ1) is 53.5. The first-order chi connectivity index (χ1) is 26.6. The molecular weight excluding hydrogens is 721 g/mol. The van der Waals surface area contributed by atoms with Gasteiger partial charge in [-0.3, -0.25) is 18.6 Å². The summed E-state index contributed by atoms with van der Waals surface area (Å²) >= 11 is 0. The Kier molecular flexibility index (Phi) is 38.2. The van der Waals surface area contributed by atoms with Crippen molar-refractivity contribution < 1.29 is 47.8 Å². The molecule has 11 nitrogen and oxygen atoms in total. The summed E-state index contributed by atoms with van der Waals surface area (Å²) in [7, 11) is -4.75. The monoisotopic (exact) mass is 806 g/mol. The van der Waals surface area contributed by atoms with Crippen LogP contribution in [0.4, 0.5) is 0 Å². The Balaban J connectivity index is 3.81. The highest BCUT2D eigenvalue weighted by atomic mass is 31.2. The molecule has 0 spiro atoms. The zero-order chi connectivity index (χ0) is 40.7. The fourth-order valence-electron chi connectivity index (χ4n) is 6.61. The van der Waals surface area contributed by atoms with Crippen molar-refractivity contribution in [3.8, 4) is 0 Å². The van der Waals surface area contributed by atoms with Crippen molar-refractivity contribution in [1.29, 1.82) is 0 Å². The summed E-state index contributed by atoms with van der Waals surface area (Å²) < 4.78 is 26.8. The van der Waals surface area contributed by atoms with Gasteiger partial charge in [0.15, 0.2) is 6.04 Å². The third kappa shape index (κ3) is 39.1. The Labute approximate surface area is 335 Å². The number of phosphoric ester groups is 1. The van der Waals surface area contributed by atoms with Crippen LogP contribution in [0.2, 0.25) is 0 Å². The van der Waals surface area contributed by atoms with E-state index >= 15 is 0 Å². The Morgan fingerprint density at radius 3 is 1.20 bits per heavy atom. The van der Waals surface area contributed by atoms with Crippen molar-refractivity contribution in [1.82, 2.24) is 5.32 Å².